The maximum atomic E-state index is 13.4. The van der Waals surface area contributed by atoms with Gasteiger partial charge in [-0.15, -0.1) is 0 Å². The highest BCUT2D eigenvalue weighted by Gasteiger charge is 2.38. The summed E-state index contributed by atoms with van der Waals surface area (Å²) in [5.74, 6) is 0.869. The van der Waals surface area contributed by atoms with Gasteiger partial charge in [0, 0.05) is 49.8 Å². The molecule has 1 N–H and O–H groups in total. The van der Waals surface area contributed by atoms with E-state index in [1.165, 1.54) is 17.7 Å². The summed E-state index contributed by atoms with van der Waals surface area (Å²) in [7, 11) is 3.64. The molecular weight excluding hydrogens is 369 g/mol. The SMILES string of the molecule is COc1cc(F)ccc1-c1ccc(C2CC2NCC(=O)N2CCN(C)CC2)cc1. The van der Waals surface area contributed by atoms with Gasteiger partial charge in [-0.1, -0.05) is 24.3 Å². The normalized spacial score (nSPS) is 21.8. The van der Waals surface area contributed by atoms with Crippen LogP contribution < -0.4 is 10.1 Å². The summed E-state index contributed by atoms with van der Waals surface area (Å²) in [6, 6.07) is 13.3. The zero-order valence-corrected chi connectivity index (χ0v) is 17.0. The first-order chi connectivity index (χ1) is 14.0. The number of carbonyl (C=O) groups excluding carboxylic acids is 1. The van der Waals surface area contributed by atoms with Crippen LogP contribution in [0.4, 0.5) is 4.39 Å². The average Bonchev–Trinajstić information content (AvgIpc) is 3.52. The van der Waals surface area contributed by atoms with E-state index < -0.39 is 0 Å². The van der Waals surface area contributed by atoms with Gasteiger partial charge in [0.2, 0.25) is 5.91 Å². The Bertz CT molecular complexity index is 863. The summed E-state index contributed by atoms with van der Waals surface area (Å²) in [6.45, 7) is 3.94. The number of benzene rings is 2. The number of likely N-dealkylation sites (N-methyl/N-ethyl adjacent to an activating group) is 1. The summed E-state index contributed by atoms with van der Waals surface area (Å²) in [6.07, 6.45) is 1.05. The van der Waals surface area contributed by atoms with Gasteiger partial charge in [0.25, 0.3) is 0 Å². The van der Waals surface area contributed by atoms with Crippen molar-refractivity contribution in [3.05, 3.63) is 53.8 Å². The minimum Gasteiger partial charge on any atom is -0.496 e. The molecule has 2 aliphatic rings. The highest BCUT2D eigenvalue weighted by atomic mass is 19.1. The molecule has 1 heterocycles. The summed E-state index contributed by atoms with van der Waals surface area (Å²) < 4.78 is 18.7. The van der Waals surface area contributed by atoms with Crippen molar-refractivity contribution in [1.82, 2.24) is 15.1 Å². The molecule has 2 aromatic carbocycles. The van der Waals surface area contributed by atoms with Crippen molar-refractivity contribution in [2.45, 2.75) is 18.4 Å². The van der Waals surface area contributed by atoms with Crippen LogP contribution in [0.3, 0.4) is 0 Å². The van der Waals surface area contributed by atoms with E-state index in [9.17, 15) is 9.18 Å². The second kappa shape index (κ2) is 8.51. The zero-order chi connectivity index (χ0) is 20.4. The second-order valence-electron chi connectivity index (χ2n) is 7.98. The van der Waals surface area contributed by atoms with Crippen molar-refractivity contribution >= 4 is 5.91 Å². The van der Waals surface area contributed by atoms with Gasteiger partial charge in [-0.3, -0.25) is 4.79 Å². The standard InChI is InChI=1S/C23H28FN3O2/c1-26-9-11-27(12-10-26)23(28)15-25-21-14-20(21)17-5-3-16(4-6-17)19-8-7-18(24)13-22(19)29-2/h3-8,13,20-21,25H,9-12,14-15H2,1-2H3. The van der Waals surface area contributed by atoms with E-state index in [4.69, 9.17) is 4.74 Å². The predicted octanol–water partition coefficient (Wildman–Crippen LogP) is 2.72. The van der Waals surface area contributed by atoms with Gasteiger partial charge in [-0.05, 0) is 36.7 Å². The highest BCUT2D eigenvalue weighted by molar-refractivity contribution is 5.78. The Morgan fingerprint density at radius 3 is 2.55 bits per heavy atom. The molecule has 154 valence electrons. The summed E-state index contributed by atoms with van der Waals surface area (Å²) in [4.78, 5) is 16.6. The van der Waals surface area contributed by atoms with E-state index in [0.29, 0.717) is 24.3 Å². The molecule has 0 bridgehead atoms. The van der Waals surface area contributed by atoms with Crippen LogP contribution in [-0.4, -0.2) is 68.6 Å². The molecule has 1 aliphatic heterocycles. The predicted molar refractivity (Wildman–Crippen MR) is 112 cm³/mol. The van der Waals surface area contributed by atoms with Crippen molar-refractivity contribution in [3.63, 3.8) is 0 Å². The fourth-order valence-electron chi connectivity index (χ4n) is 3.99. The number of hydrogen-bond acceptors (Lipinski definition) is 4. The van der Waals surface area contributed by atoms with Crippen LogP contribution in [0.2, 0.25) is 0 Å². The van der Waals surface area contributed by atoms with Crippen molar-refractivity contribution in [3.8, 4) is 16.9 Å². The van der Waals surface area contributed by atoms with E-state index in [2.05, 4.69) is 41.5 Å². The first-order valence-electron chi connectivity index (χ1n) is 10.2. The van der Waals surface area contributed by atoms with E-state index in [1.807, 2.05) is 4.90 Å². The van der Waals surface area contributed by atoms with Crippen molar-refractivity contribution in [2.75, 3.05) is 46.9 Å². The maximum Gasteiger partial charge on any atom is 0.236 e. The Hall–Kier alpha value is -2.44. The first kappa shape index (κ1) is 19.9. The van der Waals surface area contributed by atoms with E-state index >= 15 is 0 Å². The lowest BCUT2D eigenvalue weighted by Gasteiger charge is -2.32. The lowest BCUT2D eigenvalue weighted by atomic mass is 10.0. The minimum atomic E-state index is -0.305. The number of ether oxygens (including phenoxy) is 1. The van der Waals surface area contributed by atoms with Crippen LogP contribution in [0.15, 0.2) is 42.5 Å². The molecule has 1 saturated heterocycles. The lowest BCUT2D eigenvalue weighted by molar-refractivity contribution is -0.131. The second-order valence-corrected chi connectivity index (χ2v) is 7.98. The highest BCUT2D eigenvalue weighted by Crippen LogP contribution is 2.41. The molecule has 0 spiro atoms. The lowest BCUT2D eigenvalue weighted by Crippen LogP contribution is -2.49. The van der Waals surface area contributed by atoms with Crippen LogP contribution in [0.5, 0.6) is 5.75 Å². The van der Waals surface area contributed by atoms with E-state index in [1.54, 1.807) is 13.2 Å². The number of amides is 1. The fraction of sp³-hybridized carbons (Fsp3) is 0.435. The van der Waals surface area contributed by atoms with Crippen molar-refractivity contribution < 1.29 is 13.9 Å². The van der Waals surface area contributed by atoms with Gasteiger partial charge < -0.3 is 19.9 Å². The van der Waals surface area contributed by atoms with Crippen LogP contribution in [0.1, 0.15) is 17.9 Å². The average molecular weight is 397 g/mol. The molecule has 5 nitrogen and oxygen atoms in total. The zero-order valence-electron chi connectivity index (χ0n) is 17.0. The molecule has 0 aromatic heterocycles. The Morgan fingerprint density at radius 1 is 1.14 bits per heavy atom. The number of nitrogens with zero attached hydrogens (tertiary/aromatic N) is 2. The van der Waals surface area contributed by atoms with Crippen molar-refractivity contribution in [2.24, 2.45) is 0 Å². The van der Waals surface area contributed by atoms with Crippen LogP contribution in [-0.2, 0) is 4.79 Å². The van der Waals surface area contributed by atoms with Crippen LogP contribution in [0.25, 0.3) is 11.1 Å². The molecule has 1 aliphatic carbocycles. The first-order valence-corrected chi connectivity index (χ1v) is 10.2. The summed E-state index contributed by atoms with van der Waals surface area (Å²) in [5, 5.41) is 3.42. The smallest absolute Gasteiger partial charge is 0.236 e. The Morgan fingerprint density at radius 2 is 1.86 bits per heavy atom. The number of halogens is 1. The Kier molecular flexibility index (Phi) is 5.83. The topological polar surface area (TPSA) is 44.8 Å². The van der Waals surface area contributed by atoms with Crippen LogP contribution in [0, 0.1) is 5.82 Å². The third-order valence-electron chi connectivity index (χ3n) is 5.98. The number of methoxy groups -OCH3 is 1. The minimum absolute atomic E-state index is 0.197. The third-order valence-corrected chi connectivity index (χ3v) is 5.98. The molecule has 2 unspecified atom stereocenters. The number of piperazine rings is 1. The molecule has 0 radical (unpaired) electrons. The van der Waals surface area contributed by atoms with Gasteiger partial charge in [-0.25, -0.2) is 4.39 Å². The van der Waals surface area contributed by atoms with Gasteiger partial charge in [0.1, 0.15) is 11.6 Å². The fourth-order valence-corrected chi connectivity index (χ4v) is 3.99. The third kappa shape index (κ3) is 4.60. The number of carbonyl (C=O) groups is 1. The Balaban J connectivity index is 1.31. The largest absolute Gasteiger partial charge is 0.496 e. The molecule has 2 fully saturated rings. The quantitative estimate of drug-likeness (QED) is 0.814. The maximum absolute atomic E-state index is 13.4. The molecule has 1 amide bonds. The summed E-state index contributed by atoms with van der Waals surface area (Å²) >= 11 is 0. The van der Waals surface area contributed by atoms with E-state index in [0.717, 1.165) is 43.7 Å². The van der Waals surface area contributed by atoms with Crippen molar-refractivity contribution in [1.29, 1.82) is 0 Å². The molecule has 1 saturated carbocycles. The summed E-state index contributed by atoms with van der Waals surface area (Å²) in [5.41, 5.74) is 3.14. The molecule has 29 heavy (non-hydrogen) atoms. The molecule has 4 rings (SSSR count). The van der Waals surface area contributed by atoms with Gasteiger partial charge in [0.15, 0.2) is 0 Å². The van der Waals surface area contributed by atoms with Gasteiger partial charge >= 0.3 is 0 Å². The van der Waals surface area contributed by atoms with Crippen LogP contribution >= 0.6 is 0 Å². The molecule has 2 atom stereocenters. The molecule has 6 heteroatoms. The molecular formula is C23H28FN3O2. The number of hydrogen-bond donors (Lipinski definition) is 1. The van der Waals surface area contributed by atoms with Gasteiger partial charge in [0.05, 0.1) is 13.7 Å². The molecule has 2 aromatic rings. The Labute approximate surface area is 171 Å². The number of nitrogens with one attached hydrogen (secondary N) is 1. The monoisotopic (exact) mass is 397 g/mol. The number of rotatable bonds is 6. The van der Waals surface area contributed by atoms with Gasteiger partial charge in [-0.2, -0.15) is 0 Å². The van der Waals surface area contributed by atoms with E-state index in [-0.39, 0.29) is 11.7 Å².